The van der Waals surface area contributed by atoms with Gasteiger partial charge in [-0.05, 0) is 46.5 Å². The highest BCUT2D eigenvalue weighted by molar-refractivity contribution is 5.94. The minimum absolute atomic E-state index is 0.322. The quantitative estimate of drug-likeness (QED) is 0.356. The standard InChI is InChI=1S/C28H17N/c1-2-9-20(10-3-1)16-17-21-19-28(24-13-6-4-11-22(21)24)25-14-7-5-12-23(25)27-26(28)15-8-18-29-27/h1-15,18-19H. The van der Waals surface area contributed by atoms with Crippen molar-refractivity contribution < 1.29 is 0 Å². The Morgan fingerprint density at radius 1 is 0.586 bits per heavy atom. The molecular weight excluding hydrogens is 350 g/mol. The molecule has 0 N–H and O–H groups in total. The maximum absolute atomic E-state index is 4.75. The summed E-state index contributed by atoms with van der Waals surface area (Å²) in [6.45, 7) is 0. The lowest BCUT2D eigenvalue weighted by molar-refractivity contribution is 0.818. The number of aromatic nitrogens is 1. The zero-order valence-corrected chi connectivity index (χ0v) is 15.8. The van der Waals surface area contributed by atoms with E-state index in [2.05, 4.69) is 72.5 Å². The molecule has 0 fully saturated rings. The Hall–Kier alpha value is -3.89. The van der Waals surface area contributed by atoms with E-state index in [-0.39, 0.29) is 5.41 Å². The van der Waals surface area contributed by atoms with Crippen LogP contribution < -0.4 is 0 Å². The van der Waals surface area contributed by atoms with Crippen LogP contribution >= 0.6 is 0 Å². The van der Waals surface area contributed by atoms with Gasteiger partial charge in [0.2, 0.25) is 0 Å². The van der Waals surface area contributed by atoms with Gasteiger partial charge in [-0.1, -0.05) is 84.6 Å². The Labute approximate surface area is 170 Å². The lowest BCUT2D eigenvalue weighted by Crippen LogP contribution is -2.22. The van der Waals surface area contributed by atoms with Crippen LogP contribution in [0.2, 0.25) is 0 Å². The van der Waals surface area contributed by atoms with Gasteiger partial charge in [-0.3, -0.25) is 4.98 Å². The molecule has 3 aromatic carbocycles. The highest BCUT2D eigenvalue weighted by Crippen LogP contribution is 2.57. The van der Waals surface area contributed by atoms with Crippen molar-refractivity contribution in [2.24, 2.45) is 0 Å². The van der Waals surface area contributed by atoms with Gasteiger partial charge < -0.3 is 0 Å². The largest absolute Gasteiger partial charge is 0.256 e. The molecule has 29 heavy (non-hydrogen) atoms. The van der Waals surface area contributed by atoms with Gasteiger partial charge in [0.25, 0.3) is 0 Å². The van der Waals surface area contributed by atoms with Gasteiger partial charge in [-0.25, -0.2) is 0 Å². The number of nitrogens with zero attached hydrogens (tertiary/aromatic N) is 1. The molecule has 1 heteroatoms. The van der Waals surface area contributed by atoms with Crippen molar-refractivity contribution in [3.63, 3.8) is 0 Å². The molecule has 2 aliphatic rings. The maximum Gasteiger partial charge on any atom is 0.0752 e. The Morgan fingerprint density at radius 3 is 2.07 bits per heavy atom. The third-order valence-corrected chi connectivity index (χ3v) is 5.96. The lowest BCUT2D eigenvalue weighted by Gasteiger charge is -2.26. The van der Waals surface area contributed by atoms with Crippen molar-refractivity contribution in [1.29, 1.82) is 0 Å². The SMILES string of the molecule is C(#Cc1ccccc1)C1=CC2(c3ccccc31)c1ccccc1-c1ncccc12. The summed E-state index contributed by atoms with van der Waals surface area (Å²) in [6, 6.07) is 31.7. The maximum atomic E-state index is 4.75. The second kappa shape index (κ2) is 6.06. The van der Waals surface area contributed by atoms with Crippen LogP contribution in [0.25, 0.3) is 16.8 Å². The third kappa shape index (κ3) is 2.21. The number of hydrogen-bond acceptors (Lipinski definition) is 1. The van der Waals surface area contributed by atoms with Crippen LogP contribution in [0, 0.1) is 11.8 Å². The molecule has 134 valence electrons. The molecule has 0 aliphatic heterocycles. The Bertz CT molecular complexity index is 1300. The van der Waals surface area contributed by atoms with E-state index in [1.807, 2.05) is 42.6 Å². The van der Waals surface area contributed by atoms with Crippen LogP contribution in [-0.4, -0.2) is 4.98 Å². The first-order valence-corrected chi connectivity index (χ1v) is 9.83. The van der Waals surface area contributed by atoms with E-state index in [4.69, 9.17) is 4.98 Å². The number of fused-ring (bicyclic) bond motifs is 7. The summed E-state index contributed by atoms with van der Waals surface area (Å²) in [5.41, 5.74) is 9.11. The fraction of sp³-hybridized carbons (Fsp3) is 0.0357. The zero-order chi connectivity index (χ0) is 19.3. The molecule has 1 nitrogen and oxygen atoms in total. The number of allylic oxidation sites excluding steroid dienone is 2. The van der Waals surface area contributed by atoms with Crippen molar-refractivity contribution >= 4 is 5.57 Å². The summed E-state index contributed by atoms with van der Waals surface area (Å²) in [5, 5.41) is 0. The molecule has 0 radical (unpaired) electrons. The summed E-state index contributed by atoms with van der Waals surface area (Å²) >= 11 is 0. The van der Waals surface area contributed by atoms with E-state index in [0.29, 0.717) is 0 Å². The highest BCUT2D eigenvalue weighted by atomic mass is 14.7. The Balaban J connectivity index is 1.65. The van der Waals surface area contributed by atoms with Crippen LogP contribution in [0.5, 0.6) is 0 Å². The molecule has 6 rings (SSSR count). The van der Waals surface area contributed by atoms with E-state index in [0.717, 1.165) is 16.8 Å². The van der Waals surface area contributed by atoms with E-state index in [1.54, 1.807) is 0 Å². The summed E-state index contributed by atoms with van der Waals surface area (Å²) in [7, 11) is 0. The molecule has 1 unspecified atom stereocenters. The number of hydrogen-bond donors (Lipinski definition) is 0. The molecule has 4 aromatic rings. The van der Waals surface area contributed by atoms with Gasteiger partial charge in [0.1, 0.15) is 0 Å². The second-order valence-corrected chi connectivity index (χ2v) is 7.47. The normalized spacial score (nSPS) is 17.7. The zero-order valence-electron chi connectivity index (χ0n) is 15.8. The van der Waals surface area contributed by atoms with Crippen LogP contribution in [-0.2, 0) is 5.41 Å². The molecule has 1 heterocycles. The van der Waals surface area contributed by atoms with Crippen LogP contribution in [0.15, 0.2) is 103 Å². The molecular formula is C28H17N. The smallest absolute Gasteiger partial charge is 0.0752 e. The van der Waals surface area contributed by atoms with Crippen molar-refractivity contribution in [2.75, 3.05) is 0 Å². The minimum Gasteiger partial charge on any atom is -0.256 e. The summed E-state index contributed by atoms with van der Waals surface area (Å²) in [5.74, 6) is 6.81. The minimum atomic E-state index is -0.322. The van der Waals surface area contributed by atoms with E-state index in [1.165, 1.54) is 27.8 Å². The Kier molecular flexibility index (Phi) is 3.36. The summed E-state index contributed by atoms with van der Waals surface area (Å²) in [4.78, 5) is 4.75. The molecule has 0 saturated heterocycles. The van der Waals surface area contributed by atoms with E-state index < -0.39 is 0 Å². The van der Waals surface area contributed by atoms with Gasteiger partial charge in [-0.15, -0.1) is 0 Å². The average molecular weight is 367 g/mol. The van der Waals surface area contributed by atoms with Crippen molar-refractivity contribution in [3.8, 4) is 23.1 Å². The monoisotopic (exact) mass is 367 g/mol. The molecule has 2 aliphatic carbocycles. The predicted molar refractivity (Wildman–Crippen MR) is 117 cm³/mol. The van der Waals surface area contributed by atoms with Crippen LogP contribution in [0.4, 0.5) is 0 Å². The van der Waals surface area contributed by atoms with Crippen molar-refractivity contribution in [3.05, 3.63) is 131 Å². The third-order valence-electron chi connectivity index (χ3n) is 5.96. The van der Waals surface area contributed by atoms with Crippen molar-refractivity contribution in [2.45, 2.75) is 5.41 Å². The number of rotatable bonds is 0. The van der Waals surface area contributed by atoms with Crippen molar-refractivity contribution in [1.82, 2.24) is 4.98 Å². The van der Waals surface area contributed by atoms with Gasteiger partial charge in [0, 0.05) is 22.9 Å². The summed E-state index contributed by atoms with van der Waals surface area (Å²) < 4.78 is 0. The van der Waals surface area contributed by atoms with Crippen LogP contribution in [0.1, 0.15) is 27.8 Å². The topological polar surface area (TPSA) is 12.9 Å². The fourth-order valence-corrected chi connectivity index (χ4v) is 4.76. The van der Waals surface area contributed by atoms with Gasteiger partial charge in [0.15, 0.2) is 0 Å². The summed E-state index contributed by atoms with van der Waals surface area (Å²) in [6.07, 6.45) is 4.23. The molecule has 0 saturated carbocycles. The van der Waals surface area contributed by atoms with Gasteiger partial charge in [-0.2, -0.15) is 0 Å². The number of pyridine rings is 1. The molecule has 0 bridgehead atoms. The van der Waals surface area contributed by atoms with E-state index in [9.17, 15) is 0 Å². The molecule has 1 atom stereocenters. The second-order valence-electron chi connectivity index (χ2n) is 7.47. The first kappa shape index (κ1) is 16.1. The first-order chi connectivity index (χ1) is 14.4. The average Bonchev–Trinajstić information content (AvgIpc) is 3.28. The van der Waals surface area contributed by atoms with Crippen LogP contribution in [0.3, 0.4) is 0 Å². The Morgan fingerprint density at radius 2 is 1.24 bits per heavy atom. The molecule has 0 amide bonds. The lowest BCUT2D eigenvalue weighted by atomic mass is 9.74. The highest BCUT2D eigenvalue weighted by Gasteiger charge is 2.47. The fourth-order valence-electron chi connectivity index (χ4n) is 4.76. The van der Waals surface area contributed by atoms with E-state index >= 15 is 0 Å². The predicted octanol–water partition coefficient (Wildman–Crippen LogP) is 5.85. The molecule has 1 aromatic heterocycles. The number of benzene rings is 3. The van der Waals surface area contributed by atoms with Gasteiger partial charge >= 0.3 is 0 Å². The first-order valence-electron chi connectivity index (χ1n) is 9.83. The van der Waals surface area contributed by atoms with Gasteiger partial charge in [0.05, 0.1) is 11.1 Å². The molecule has 1 spiro atoms.